The summed E-state index contributed by atoms with van der Waals surface area (Å²) in [7, 11) is 0. The molecule has 1 aromatic rings. The molecule has 0 unspecified atom stereocenters. The second kappa shape index (κ2) is 6.11. The fourth-order valence-corrected chi connectivity index (χ4v) is 4.54. The van der Waals surface area contributed by atoms with Gasteiger partial charge in [0.1, 0.15) is 5.00 Å². The number of amides is 2. The molecule has 4 nitrogen and oxygen atoms in total. The molecule has 1 aliphatic carbocycles. The first-order chi connectivity index (χ1) is 11.3. The van der Waals surface area contributed by atoms with Crippen LogP contribution in [0.3, 0.4) is 0 Å². The highest BCUT2D eigenvalue weighted by Crippen LogP contribution is 2.68. The lowest BCUT2D eigenvalue weighted by atomic mass is 10.0. The number of carbonyl (C=O) groups is 2. The van der Waals surface area contributed by atoms with E-state index in [9.17, 15) is 9.59 Å². The fraction of sp³-hybridized carbons (Fsp3) is 0.700. The van der Waals surface area contributed by atoms with Crippen molar-refractivity contribution >= 4 is 28.2 Å². The minimum Gasteiger partial charge on any atom is -0.347 e. The Morgan fingerprint density at radius 3 is 2.08 bits per heavy atom. The summed E-state index contributed by atoms with van der Waals surface area (Å²) in [4.78, 5) is 26.7. The van der Waals surface area contributed by atoms with Crippen molar-refractivity contribution in [2.45, 2.75) is 74.3 Å². The van der Waals surface area contributed by atoms with Gasteiger partial charge in [0, 0.05) is 16.3 Å². The van der Waals surface area contributed by atoms with Crippen molar-refractivity contribution in [2.24, 2.45) is 16.7 Å². The summed E-state index contributed by atoms with van der Waals surface area (Å²) in [6.45, 7) is 18.5. The lowest BCUT2D eigenvalue weighted by molar-refractivity contribution is -0.118. The van der Waals surface area contributed by atoms with Crippen LogP contribution in [0, 0.1) is 30.6 Å². The molecular weight excluding hydrogens is 332 g/mol. The van der Waals surface area contributed by atoms with Crippen LogP contribution in [0.15, 0.2) is 0 Å². The van der Waals surface area contributed by atoms with Crippen LogP contribution in [0.4, 0.5) is 5.00 Å². The van der Waals surface area contributed by atoms with Gasteiger partial charge < -0.3 is 10.6 Å². The fourth-order valence-electron chi connectivity index (χ4n) is 3.48. The average Bonchev–Trinajstić information content (AvgIpc) is 2.69. The maximum atomic E-state index is 12.8. The van der Waals surface area contributed by atoms with Crippen molar-refractivity contribution in [3.8, 4) is 0 Å². The molecule has 25 heavy (non-hydrogen) atoms. The normalized spacial score (nSPS) is 18.8. The van der Waals surface area contributed by atoms with Gasteiger partial charge in [0.25, 0.3) is 5.91 Å². The molecule has 1 saturated carbocycles. The lowest BCUT2D eigenvalue weighted by Gasteiger charge is -2.24. The van der Waals surface area contributed by atoms with Crippen LogP contribution in [-0.2, 0) is 4.79 Å². The summed E-state index contributed by atoms with van der Waals surface area (Å²) in [6.07, 6.45) is 0.840. The summed E-state index contributed by atoms with van der Waals surface area (Å²) in [5.41, 5.74) is 1.23. The minimum atomic E-state index is -0.277. The number of hydrogen-bond donors (Lipinski definition) is 2. The Labute approximate surface area is 155 Å². The lowest BCUT2D eigenvalue weighted by Crippen LogP contribution is -2.43. The molecule has 140 valence electrons. The maximum absolute atomic E-state index is 12.8. The first-order valence-corrected chi connectivity index (χ1v) is 9.81. The molecule has 2 amide bonds. The van der Waals surface area contributed by atoms with Crippen LogP contribution in [0.25, 0.3) is 0 Å². The van der Waals surface area contributed by atoms with Gasteiger partial charge in [-0.25, -0.2) is 0 Å². The molecule has 0 spiro atoms. The van der Waals surface area contributed by atoms with E-state index in [1.165, 1.54) is 11.3 Å². The van der Waals surface area contributed by atoms with Gasteiger partial charge in [-0.2, -0.15) is 0 Å². The highest BCUT2D eigenvalue weighted by atomic mass is 32.1. The average molecular weight is 365 g/mol. The van der Waals surface area contributed by atoms with Gasteiger partial charge in [-0.3, -0.25) is 9.59 Å². The number of rotatable bonds is 5. The molecule has 0 bridgehead atoms. The number of aryl methyl sites for hydroxylation is 1. The number of carbonyl (C=O) groups excluding carboxylic acids is 2. The van der Waals surface area contributed by atoms with E-state index in [4.69, 9.17) is 0 Å². The summed E-state index contributed by atoms with van der Waals surface area (Å²) in [5.74, 6) is -0.135. The van der Waals surface area contributed by atoms with Crippen LogP contribution in [-0.4, -0.2) is 17.4 Å². The van der Waals surface area contributed by atoms with Gasteiger partial charge in [0.2, 0.25) is 5.91 Å². The van der Waals surface area contributed by atoms with E-state index in [0.29, 0.717) is 10.6 Å². The van der Waals surface area contributed by atoms with E-state index in [0.717, 1.165) is 16.9 Å². The second-order valence-corrected chi connectivity index (χ2v) is 10.3. The van der Waals surface area contributed by atoms with Crippen molar-refractivity contribution in [3.63, 3.8) is 0 Å². The molecule has 1 aromatic heterocycles. The van der Waals surface area contributed by atoms with Gasteiger partial charge in [0.05, 0.1) is 5.56 Å². The van der Waals surface area contributed by atoms with E-state index in [-0.39, 0.29) is 34.1 Å². The molecule has 1 fully saturated rings. The monoisotopic (exact) mass is 364 g/mol. The number of nitrogens with one attached hydrogen (secondary N) is 2. The molecular formula is C20H32N2O2S. The Morgan fingerprint density at radius 2 is 1.64 bits per heavy atom. The van der Waals surface area contributed by atoms with E-state index in [1.54, 1.807) is 0 Å². The minimum absolute atomic E-state index is 0.0139. The quantitative estimate of drug-likeness (QED) is 0.780. The Morgan fingerprint density at radius 1 is 1.12 bits per heavy atom. The molecule has 1 heterocycles. The summed E-state index contributed by atoms with van der Waals surface area (Å²) in [5, 5.41) is 6.80. The maximum Gasteiger partial charge on any atom is 0.254 e. The first-order valence-electron chi connectivity index (χ1n) is 8.99. The molecule has 5 heteroatoms. The van der Waals surface area contributed by atoms with E-state index >= 15 is 0 Å². The van der Waals surface area contributed by atoms with E-state index < -0.39 is 0 Å². The zero-order valence-electron chi connectivity index (χ0n) is 17.0. The van der Waals surface area contributed by atoms with Crippen molar-refractivity contribution in [1.29, 1.82) is 0 Å². The number of thiophene rings is 1. The highest BCUT2D eigenvalue weighted by Gasteiger charge is 2.68. The highest BCUT2D eigenvalue weighted by molar-refractivity contribution is 7.16. The van der Waals surface area contributed by atoms with Gasteiger partial charge in [-0.1, -0.05) is 34.6 Å². The van der Waals surface area contributed by atoms with Crippen molar-refractivity contribution < 1.29 is 9.59 Å². The Balaban J connectivity index is 2.27. The standard InChI is InChI=1S/C20H32N2O2S/c1-10-18(4,5)22-15(23)13-11(2)12(3)25-17(13)21-16(24)14-19(6,7)20(14,8)9/h14H,10H2,1-9H3,(H,21,24)(H,22,23). The topological polar surface area (TPSA) is 58.2 Å². The molecule has 0 saturated heterocycles. The van der Waals surface area contributed by atoms with Gasteiger partial charge >= 0.3 is 0 Å². The van der Waals surface area contributed by atoms with Crippen LogP contribution >= 0.6 is 11.3 Å². The van der Waals surface area contributed by atoms with Crippen LogP contribution < -0.4 is 10.6 Å². The second-order valence-electron chi connectivity index (χ2n) is 9.04. The van der Waals surface area contributed by atoms with Crippen LogP contribution in [0.2, 0.25) is 0 Å². The molecule has 0 radical (unpaired) electrons. The summed E-state index contributed by atoms with van der Waals surface area (Å²) >= 11 is 1.48. The molecule has 2 rings (SSSR count). The van der Waals surface area contributed by atoms with Gasteiger partial charge in [-0.05, 0) is 50.5 Å². The van der Waals surface area contributed by atoms with Gasteiger partial charge in [0.15, 0.2) is 0 Å². The Hall–Kier alpha value is -1.36. The Bertz CT molecular complexity index is 700. The summed E-state index contributed by atoms with van der Waals surface area (Å²) < 4.78 is 0. The third-order valence-corrected chi connectivity index (χ3v) is 7.59. The zero-order valence-corrected chi connectivity index (χ0v) is 17.8. The molecule has 2 N–H and O–H groups in total. The number of hydrogen-bond acceptors (Lipinski definition) is 3. The van der Waals surface area contributed by atoms with Crippen LogP contribution in [0.5, 0.6) is 0 Å². The zero-order chi connectivity index (χ0) is 19.4. The third-order valence-electron chi connectivity index (χ3n) is 6.47. The smallest absolute Gasteiger partial charge is 0.254 e. The Kier molecular flexibility index (Phi) is 4.88. The predicted octanol–water partition coefficient (Wildman–Crippen LogP) is 4.90. The molecule has 0 atom stereocenters. The number of anilines is 1. The van der Waals surface area contributed by atoms with Crippen molar-refractivity contribution in [1.82, 2.24) is 5.32 Å². The van der Waals surface area contributed by atoms with Crippen molar-refractivity contribution in [2.75, 3.05) is 5.32 Å². The first kappa shape index (κ1) is 20.0. The van der Waals surface area contributed by atoms with E-state index in [2.05, 4.69) is 38.3 Å². The van der Waals surface area contributed by atoms with Crippen molar-refractivity contribution in [3.05, 3.63) is 16.0 Å². The molecule has 0 aliphatic heterocycles. The van der Waals surface area contributed by atoms with Gasteiger partial charge in [-0.15, -0.1) is 11.3 Å². The molecule has 0 aromatic carbocycles. The molecule has 1 aliphatic rings. The van der Waals surface area contributed by atoms with E-state index in [1.807, 2.05) is 34.6 Å². The van der Waals surface area contributed by atoms with Crippen LogP contribution in [0.1, 0.15) is 75.7 Å². The predicted molar refractivity (Wildman–Crippen MR) is 105 cm³/mol. The third kappa shape index (κ3) is 3.35. The largest absolute Gasteiger partial charge is 0.347 e. The summed E-state index contributed by atoms with van der Waals surface area (Å²) in [6, 6.07) is 0. The SMILES string of the molecule is CCC(C)(C)NC(=O)c1c(NC(=O)C2C(C)(C)C2(C)C)sc(C)c1C.